The number of benzene rings is 1. The van der Waals surface area contributed by atoms with E-state index in [-0.39, 0.29) is 60.5 Å². The number of anilines is 1. The molecule has 1 aromatic carbocycles. The summed E-state index contributed by atoms with van der Waals surface area (Å²) in [6, 6.07) is 7.20. The summed E-state index contributed by atoms with van der Waals surface area (Å²) in [4.78, 5) is 38.3. The maximum absolute atomic E-state index is 13.6. The van der Waals surface area contributed by atoms with Crippen molar-refractivity contribution in [3.05, 3.63) is 51.9 Å². The Bertz CT molecular complexity index is 1410. The molecular formula is C29H39ClN4O5S2. The molecule has 1 fully saturated rings. The van der Waals surface area contributed by atoms with Crippen molar-refractivity contribution in [2.45, 2.75) is 70.2 Å². The van der Waals surface area contributed by atoms with Crippen LogP contribution in [0.15, 0.2) is 46.4 Å². The highest BCUT2D eigenvalue weighted by molar-refractivity contribution is 7.96. The Morgan fingerprint density at radius 2 is 1.85 bits per heavy atom. The molecule has 12 heteroatoms. The van der Waals surface area contributed by atoms with Gasteiger partial charge in [-0.2, -0.15) is 12.6 Å². The van der Waals surface area contributed by atoms with Crippen molar-refractivity contribution in [2.24, 2.45) is 11.3 Å². The van der Waals surface area contributed by atoms with Crippen LogP contribution in [-0.4, -0.2) is 62.0 Å². The van der Waals surface area contributed by atoms with E-state index in [9.17, 15) is 22.8 Å². The summed E-state index contributed by atoms with van der Waals surface area (Å²) in [5, 5.41) is 6.40. The van der Waals surface area contributed by atoms with E-state index in [0.29, 0.717) is 23.6 Å². The van der Waals surface area contributed by atoms with Crippen LogP contribution in [0, 0.1) is 11.3 Å². The second-order valence-electron chi connectivity index (χ2n) is 12.5. The molecule has 1 saturated heterocycles. The first-order valence-electron chi connectivity index (χ1n) is 13.7. The number of sulfonamides is 1. The number of thiol groups is 1. The topological polar surface area (TPSA) is 116 Å². The first-order valence-corrected chi connectivity index (χ1v) is 16.1. The van der Waals surface area contributed by atoms with Gasteiger partial charge in [0, 0.05) is 55.5 Å². The predicted molar refractivity (Wildman–Crippen MR) is 164 cm³/mol. The van der Waals surface area contributed by atoms with Crippen molar-refractivity contribution in [3.63, 3.8) is 0 Å². The fourth-order valence-electron chi connectivity index (χ4n) is 6.38. The molecule has 2 aliphatic heterocycles. The van der Waals surface area contributed by atoms with E-state index in [1.54, 1.807) is 13.1 Å². The number of fused-ring (bicyclic) bond motifs is 2. The molecule has 0 spiro atoms. The van der Waals surface area contributed by atoms with Crippen LogP contribution in [0.3, 0.4) is 0 Å². The standard InChI is InChI=1S/C29H39ClN4O5S2/c1-28(2,16-24(35)31-12-13-34-25(36)15-22(40)27(34)37)17-29(3,4)32-26-19-8-6-7-9-21(19)33(5)41(38,39)23-14-18(30)10-11-20(23)26/h6-10,14,20,22,26,32,40H,11-13,15-17H2,1-5H3,(H,31,35). The third-order valence-corrected chi connectivity index (χ3v) is 10.5. The largest absolute Gasteiger partial charge is 0.354 e. The van der Waals surface area contributed by atoms with Crippen LogP contribution in [0.1, 0.15) is 65.0 Å². The molecule has 0 radical (unpaired) electrons. The zero-order valence-electron chi connectivity index (χ0n) is 24.1. The van der Waals surface area contributed by atoms with Gasteiger partial charge in [0.15, 0.2) is 0 Å². The highest BCUT2D eigenvalue weighted by Crippen LogP contribution is 2.47. The smallest absolute Gasteiger partial charge is 0.260 e. The highest BCUT2D eigenvalue weighted by atomic mass is 35.5. The number of carbonyl (C=O) groups excluding carboxylic acids is 3. The van der Waals surface area contributed by atoms with Crippen molar-refractivity contribution in [3.8, 4) is 0 Å². The molecule has 3 aliphatic rings. The minimum atomic E-state index is -3.78. The average molecular weight is 623 g/mol. The van der Waals surface area contributed by atoms with Gasteiger partial charge < -0.3 is 10.6 Å². The molecule has 0 saturated carbocycles. The van der Waals surface area contributed by atoms with Gasteiger partial charge in [-0.1, -0.05) is 49.7 Å². The summed E-state index contributed by atoms with van der Waals surface area (Å²) < 4.78 is 28.6. The van der Waals surface area contributed by atoms with Gasteiger partial charge >= 0.3 is 0 Å². The molecule has 2 N–H and O–H groups in total. The fourth-order valence-corrected chi connectivity index (χ4v) is 8.58. The Hall–Kier alpha value is -2.34. The number of para-hydroxylation sites is 1. The second-order valence-corrected chi connectivity index (χ2v) is 15.5. The summed E-state index contributed by atoms with van der Waals surface area (Å²) >= 11 is 10.4. The Labute approximate surface area is 253 Å². The number of nitrogens with zero attached hydrogens (tertiary/aromatic N) is 2. The number of likely N-dealkylation sites (tertiary alicyclic amines) is 1. The lowest BCUT2D eigenvalue weighted by molar-refractivity contribution is -0.138. The van der Waals surface area contributed by atoms with Gasteiger partial charge in [-0.25, -0.2) is 8.42 Å². The first kappa shape index (κ1) is 31.6. The number of rotatable bonds is 9. The number of imide groups is 1. The number of carbonyl (C=O) groups is 3. The summed E-state index contributed by atoms with van der Waals surface area (Å²) in [6.07, 6.45) is 4.82. The molecule has 224 valence electrons. The predicted octanol–water partition coefficient (Wildman–Crippen LogP) is 3.88. The van der Waals surface area contributed by atoms with E-state index in [0.717, 1.165) is 10.5 Å². The Morgan fingerprint density at radius 1 is 1.17 bits per heavy atom. The van der Waals surface area contributed by atoms with Crippen LogP contribution in [0.25, 0.3) is 0 Å². The molecule has 41 heavy (non-hydrogen) atoms. The molecule has 3 unspecified atom stereocenters. The van der Waals surface area contributed by atoms with Crippen LogP contribution >= 0.6 is 24.2 Å². The van der Waals surface area contributed by atoms with Crippen molar-refractivity contribution in [1.29, 1.82) is 0 Å². The lowest BCUT2D eigenvalue weighted by atomic mass is 9.76. The zero-order chi connectivity index (χ0) is 30.3. The lowest BCUT2D eigenvalue weighted by Crippen LogP contribution is -2.48. The van der Waals surface area contributed by atoms with Crippen LogP contribution in [-0.2, 0) is 24.4 Å². The van der Waals surface area contributed by atoms with E-state index in [4.69, 9.17) is 11.6 Å². The van der Waals surface area contributed by atoms with Crippen LogP contribution in [0.2, 0.25) is 0 Å². The van der Waals surface area contributed by atoms with E-state index in [2.05, 4.69) is 37.1 Å². The van der Waals surface area contributed by atoms with Crippen LogP contribution < -0.4 is 14.9 Å². The summed E-state index contributed by atoms with van der Waals surface area (Å²) in [5.41, 5.74) is 0.597. The van der Waals surface area contributed by atoms with Crippen molar-refractivity contribution < 1.29 is 22.8 Å². The van der Waals surface area contributed by atoms with Gasteiger partial charge in [0.25, 0.3) is 10.0 Å². The zero-order valence-corrected chi connectivity index (χ0v) is 26.6. The number of hydrogen-bond donors (Lipinski definition) is 3. The van der Waals surface area contributed by atoms with Crippen molar-refractivity contribution in [2.75, 3.05) is 24.4 Å². The number of allylic oxidation sites excluding steroid dienone is 3. The van der Waals surface area contributed by atoms with Gasteiger partial charge in [0.2, 0.25) is 17.7 Å². The molecule has 0 aromatic heterocycles. The minimum Gasteiger partial charge on any atom is -0.354 e. The van der Waals surface area contributed by atoms with Crippen molar-refractivity contribution >= 4 is 57.7 Å². The molecular weight excluding hydrogens is 584 g/mol. The van der Waals surface area contributed by atoms with Crippen LogP contribution in [0.4, 0.5) is 5.69 Å². The molecule has 1 aromatic rings. The summed E-state index contributed by atoms with van der Waals surface area (Å²) in [5.74, 6) is -1.12. The van der Waals surface area contributed by atoms with E-state index >= 15 is 0 Å². The normalized spacial score (nSPS) is 24.3. The molecule has 3 atom stereocenters. The Kier molecular flexibility index (Phi) is 9.05. The van der Waals surface area contributed by atoms with E-state index < -0.39 is 26.2 Å². The monoisotopic (exact) mass is 622 g/mol. The van der Waals surface area contributed by atoms with Gasteiger partial charge in [-0.05, 0) is 49.8 Å². The molecule has 9 nitrogen and oxygen atoms in total. The minimum absolute atomic E-state index is 0.0835. The third-order valence-electron chi connectivity index (χ3n) is 7.87. The van der Waals surface area contributed by atoms with Gasteiger partial charge in [0.05, 0.1) is 15.8 Å². The second kappa shape index (κ2) is 11.7. The Balaban J connectivity index is 1.47. The lowest BCUT2D eigenvalue weighted by Gasteiger charge is -2.40. The molecule has 0 bridgehead atoms. The number of hydrogen-bond acceptors (Lipinski definition) is 7. The highest BCUT2D eigenvalue weighted by Gasteiger charge is 2.44. The summed E-state index contributed by atoms with van der Waals surface area (Å²) in [6.45, 7) is 8.47. The van der Waals surface area contributed by atoms with Crippen LogP contribution in [0.5, 0.6) is 0 Å². The maximum Gasteiger partial charge on any atom is 0.260 e. The van der Waals surface area contributed by atoms with E-state index in [1.165, 1.54) is 4.31 Å². The molecule has 3 amide bonds. The number of amides is 3. The first-order chi connectivity index (χ1) is 19.0. The molecule has 1 aliphatic carbocycles. The average Bonchev–Trinajstić information content (AvgIpc) is 3.08. The van der Waals surface area contributed by atoms with E-state index in [1.807, 2.05) is 44.2 Å². The quantitative estimate of drug-likeness (QED) is 0.284. The number of halogens is 1. The Morgan fingerprint density at radius 3 is 2.51 bits per heavy atom. The molecule has 2 heterocycles. The van der Waals surface area contributed by atoms with Crippen molar-refractivity contribution in [1.82, 2.24) is 15.5 Å². The number of nitrogens with one attached hydrogen (secondary N) is 2. The van der Waals surface area contributed by atoms with Gasteiger partial charge in [0.1, 0.15) is 0 Å². The van der Waals surface area contributed by atoms with Gasteiger partial charge in [-0.15, -0.1) is 0 Å². The van der Waals surface area contributed by atoms with Gasteiger partial charge in [-0.3, -0.25) is 23.6 Å². The molecule has 4 rings (SSSR count). The maximum atomic E-state index is 13.6. The summed E-state index contributed by atoms with van der Waals surface area (Å²) in [7, 11) is -2.21. The fraction of sp³-hybridized carbons (Fsp3) is 0.552. The third kappa shape index (κ3) is 6.84. The SMILES string of the molecule is CN1c2ccccc2C(NC(C)(C)CC(C)(C)CC(=O)NCCN2C(=O)CC(S)C2=O)C2CC=C(Cl)C=C2S1(=O)=O.